The van der Waals surface area contributed by atoms with Gasteiger partial charge in [0.25, 0.3) is 0 Å². The summed E-state index contributed by atoms with van der Waals surface area (Å²) in [7, 11) is -3.52. The fraction of sp³-hybridized carbons (Fsp3) is 0.636. The van der Waals surface area contributed by atoms with E-state index in [1.807, 2.05) is 27.7 Å². The lowest BCUT2D eigenvalue weighted by Gasteiger charge is -2.27. The van der Waals surface area contributed by atoms with Gasteiger partial charge in [-0.3, -0.25) is 0 Å². The van der Waals surface area contributed by atoms with E-state index >= 15 is 0 Å². The molecule has 6 heteroatoms. The van der Waals surface area contributed by atoms with E-state index in [9.17, 15) is 8.42 Å². The maximum absolute atomic E-state index is 12.0. The third-order valence-corrected chi connectivity index (χ3v) is 4.35. The topological polar surface area (TPSA) is 82.2 Å². The summed E-state index contributed by atoms with van der Waals surface area (Å²) in [5, 5.41) is 8.88. The molecule has 1 rings (SSSR count). The average Bonchev–Trinajstić information content (AvgIpc) is 2.64. The van der Waals surface area contributed by atoms with Crippen LogP contribution in [0.3, 0.4) is 0 Å². The maximum atomic E-state index is 12.0. The minimum atomic E-state index is -3.52. The van der Waals surface area contributed by atoms with Gasteiger partial charge >= 0.3 is 0 Å². The quantitative estimate of drug-likeness (QED) is 0.761. The molecular formula is C11H20N2O3S. The lowest BCUT2D eigenvalue weighted by atomic mass is 9.89. The molecule has 1 atom stereocenters. The predicted octanol–water partition coefficient (Wildman–Crippen LogP) is 1.22. The first-order valence-corrected chi connectivity index (χ1v) is 6.95. The van der Waals surface area contributed by atoms with E-state index in [0.29, 0.717) is 5.69 Å². The molecule has 5 nitrogen and oxygen atoms in total. The Morgan fingerprint density at radius 2 is 2.06 bits per heavy atom. The Bertz CT molecular complexity index is 471. The standard InChI is InChI=1S/C11H20N2O3S/c1-8(11(2,3)4)13-17(15,16)10-5-9(7-14)12-6-10/h5-6,8,12-14H,7H2,1-4H3. The van der Waals surface area contributed by atoms with E-state index in [-0.39, 0.29) is 23.0 Å². The van der Waals surface area contributed by atoms with E-state index in [1.54, 1.807) is 0 Å². The molecule has 1 aromatic rings. The number of aliphatic hydroxyl groups is 1. The number of nitrogens with one attached hydrogen (secondary N) is 2. The highest BCUT2D eigenvalue weighted by Gasteiger charge is 2.26. The highest BCUT2D eigenvalue weighted by Crippen LogP contribution is 2.21. The summed E-state index contributed by atoms with van der Waals surface area (Å²) in [5.74, 6) is 0. The van der Waals surface area contributed by atoms with Crippen molar-refractivity contribution >= 4 is 10.0 Å². The van der Waals surface area contributed by atoms with Crippen LogP contribution in [-0.2, 0) is 16.6 Å². The van der Waals surface area contributed by atoms with Crippen molar-refractivity contribution < 1.29 is 13.5 Å². The van der Waals surface area contributed by atoms with Gasteiger partial charge in [0, 0.05) is 17.9 Å². The second kappa shape index (κ2) is 4.80. The van der Waals surface area contributed by atoms with Crippen LogP contribution in [0.1, 0.15) is 33.4 Å². The predicted molar refractivity (Wildman–Crippen MR) is 66.0 cm³/mol. The van der Waals surface area contributed by atoms with Gasteiger partial charge in [-0.15, -0.1) is 0 Å². The third-order valence-electron chi connectivity index (χ3n) is 2.83. The van der Waals surface area contributed by atoms with Crippen molar-refractivity contribution in [3.8, 4) is 0 Å². The van der Waals surface area contributed by atoms with Crippen LogP contribution in [0.15, 0.2) is 17.2 Å². The molecule has 0 aliphatic rings. The molecule has 1 aromatic heterocycles. The van der Waals surface area contributed by atoms with Gasteiger partial charge in [0.2, 0.25) is 10.0 Å². The van der Waals surface area contributed by atoms with Gasteiger partial charge < -0.3 is 10.1 Å². The molecule has 0 aliphatic heterocycles. The van der Waals surface area contributed by atoms with E-state index in [0.717, 1.165) is 0 Å². The molecule has 3 N–H and O–H groups in total. The van der Waals surface area contributed by atoms with Crippen molar-refractivity contribution in [2.75, 3.05) is 0 Å². The number of sulfonamides is 1. The van der Waals surface area contributed by atoms with E-state index in [4.69, 9.17) is 5.11 Å². The van der Waals surface area contributed by atoms with Crippen LogP contribution in [0, 0.1) is 5.41 Å². The molecule has 98 valence electrons. The molecule has 0 radical (unpaired) electrons. The summed E-state index contributed by atoms with van der Waals surface area (Å²) in [4.78, 5) is 2.85. The minimum absolute atomic E-state index is 0.150. The first-order chi connectivity index (χ1) is 7.66. The minimum Gasteiger partial charge on any atom is -0.390 e. The van der Waals surface area contributed by atoms with Crippen LogP contribution in [0.5, 0.6) is 0 Å². The normalized spacial score (nSPS) is 14.9. The molecule has 0 amide bonds. The lowest BCUT2D eigenvalue weighted by Crippen LogP contribution is -2.41. The van der Waals surface area contributed by atoms with Crippen molar-refractivity contribution in [3.63, 3.8) is 0 Å². The van der Waals surface area contributed by atoms with Crippen molar-refractivity contribution in [2.45, 2.75) is 45.2 Å². The van der Waals surface area contributed by atoms with Crippen LogP contribution in [0.25, 0.3) is 0 Å². The van der Waals surface area contributed by atoms with Crippen molar-refractivity contribution in [2.24, 2.45) is 5.41 Å². The highest BCUT2D eigenvalue weighted by atomic mass is 32.2. The number of aromatic nitrogens is 1. The summed E-state index contributed by atoms with van der Waals surface area (Å²) in [6.07, 6.45) is 1.38. The van der Waals surface area contributed by atoms with E-state index in [1.165, 1.54) is 12.3 Å². The van der Waals surface area contributed by atoms with Crippen molar-refractivity contribution in [1.82, 2.24) is 9.71 Å². The molecule has 0 saturated heterocycles. The van der Waals surface area contributed by atoms with Gasteiger partial charge in [-0.25, -0.2) is 13.1 Å². The Morgan fingerprint density at radius 1 is 1.47 bits per heavy atom. The smallest absolute Gasteiger partial charge is 0.242 e. The Balaban J connectivity index is 2.89. The molecule has 17 heavy (non-hydrogen) atoms. The summed E-state index contributed by atoms with van der Waals surface area (Å²) >= 11 is 0. The van der Waals surface area contributed by atoms with Crippen molar-refractivity contribution in [1.29, 1.82) is 0 Å². The molecule has 0 bridgehead atoms. The Labute approximate surface area is 102 Å². The largest absolute Gasteiger partial charge is 0.390 e. The first kappa shape index (κ1) is 14.2. The molecule has 1 unspecified atom stereocenters. The Morgan fingerprint density at radius 3 is 2.47 bits per heavy atom. The van der Waals surface area contributed by atoms with Gasteiger partial charge in [-0.05, 0) is 18.4 Å². The maximum Gasteiger partial charge on any atom is 0.242 e. The molecule has 0 fully saturated rings. The van der Waals surface area contributed by atoms with Crippen molar-refractivity contribution in [3.05, 3.63) is 18.0 Å². The number of hydrogen-bond acceptors (Lipinski definition) is 3. The monoisotopic (exact) mass is 260 g/mol. The van der Waals surface area contributed by atoms with Crippen LogP contribution in [0.2, 0.25) is 0 Å². The van der Waals surface area contributed by atoms with E-state index in [2.05, 4.69) is 9.71 Å². The SMILES string of the molecule is CC(NS(=O)(=O)c1c[nH]c(CO)c1)C(C)(C)C. The van der Waals surface area contributed by atoms with E-state index < -0.39 is 10.0 Å². The molecule has 0 aromatic carbocycles. The fourth-order valence-corrected chi connectivity index (χ4v) is 2.61. The zero-order chi connectivity index (χ0) is 13.3. The van der Waals surface area contributed by atoms with Crippen LogP contribution in [0.4, 0.5) is 0 Å². The fourth-order valence-electron chi connectivity index (χ4n) is 1.14. The first-order valence-electron chi connectivity index (χ1n) is 5.47. The Hall–Kier alpha value is -0.850. The number of rotatable bonds is 4. The number of hydrogen-bond donors (Lipinski definition) is 3. The zero-order valence-corrected chi connectivity index (χ0v) is 11.4. The number of H-pyrrole nitrogens is 1. The van der Waals surface area contributed by atoms with Crippen LogP contribution < -0.4 is 4.72 Å². The third kappa shape index (κ3) is 3.55. The van der Waals surface area contributed by atoms with Gasteiger partial charge in [0.1, 0.15) is 0 Å². The molecule has 1 heterocycles. The second-order valence-corrected chi connectivity index (χ2v) is 6.94. The van der Waals surface area contributed by atoms with Crippen LogP contribution >= 0.6 is 0 Å². The van der Waals surface area contributed by atoms with Gasteiger partial charge in [-0.2, -0.15) is 0 Å². The molecule has 0 spiro atoms. The van der Waals surface area contributed by atoms with Crippen LogP contribution in [-0.4, -0.2) is 24.6 Å². The summed E-state index contributed by atoms with van der Waals surface area (Å²) < 4.78 is 26.6. The number of aromatic amines is 1. The molecule has 0 aliphatic carbocycles. The Kier molecular flexibility index (Phi) is 4.01. The number of aliphatic hydroxyl groups excluding tert-OH is 1. The van der Waals surface area contributed by atoms with Gasteiger partial charge in [0.15, 0.2) is 0 Å². The highest BCUT2D eigenvalue weighted by molar-refractivity contribution is 7.89. The summed E-state index contributed by atoms with van der Waals surface area (Å²) in [6.45, 7) is 7.53. The van der Waals surface area contributed by atoms with Gasteiger partial charge in [-0.1, -0.05) is 20.8 Å². The lowest BCUT2D eigenvalue weighted by molar-refractivity contribution is 0.277. The second-order valence-electron chi connectivity index (χ2n) is 5.23. The van der Waals surface area contributed by atoms with Gasteiger partial charge in [0.05, 0.1) is 11.5 Å². The zero-order valence-electron chi connectivity index (χ0n) is 10.6. The summed E-state index contributed by atoms with van der Waals surface area (Å²) in [6, 6.07) is 1.25. The summed E-state index contributed by atoms with van der Waals surface area (Å²) in [5.41, 5.74) is 0.331. The average molecular weight is 260 g/mol. The molecule has 0 saturated carbocycles. The molecular weight excluding hydrogens is 240 g/mol.